The number of aromatic nitrogens is 2. The molecule has 122 valence electrons. The van der Waals surface area contributed by atoms with Gasteiger partial charge in [0.05, 0.1) is 0 Å². The molecule has 1 N–H and O–H groups in total. The fourth-order valence-corrected chi connectivity index (χ4v) is 3.00. The molecule has 1 aliphatic rings. The van der Waals surface area contributed by atoms with Crippen LogP contribution in [0.25, 0.3) is 0 Å². The minimum atomic E-state index is -0.196. The third kappa shape index (κ3) is 4.16. The van der Waals surface area contributed by atoms with E-state index in [1.54, 1.807) is 6.92 Å². The van der Waals surface area contributed by atoms with Crippen molar-refractivity contribution >= 4 is 5.91 Å². The number of hydrogen-bond acceptors (Lipinski definition) is 5. The summed E-state index contributed by atoms with van der Waals surface area (Å²) in [7, 11) is 0. The highest BCUT2D eigenvalue weighted by Crippen LogP contribution is 2.12. The van der Waals surface area contributed by atoms with Crippen LogP contribution in [0.1, 0.15) is 34.6 Å². The van der Waals surface area contributed by atoms with E-state index < -0.39 is 0 Å². The van der Waals surface area contributed by atoms with Crippen molar-refractivity contribution in [3.8, 4) is 0 Å². The first-order chi connectivity index (χ1) is 11.2. The Hall–Kier alpha value is -2.21. The summed E-state index contributed by atoms with van der Waals surface area (Å²) in [6.07, 6.45) is 3.13. The molecule has 0 radical (unpaired) electrons. The van der Waals surface area contributed by atoms with E-state index in [1.807, 2.05) is 6.07 Å². The Kier molecular flexibility index (Phi) is 5.02. The minimum absolute atomic E-state index is 0.156. The summed E-state index contributed by atoms with van der Waals surface area (Å²) in [6.45, 7) is 4.70. The first-order valence-corrected chi connectivity index (χ1v) is 8.08. The van der Waals surface area contributed by atoms with Crippen LogP contribution in [0.3, 0.4) is 0 Å². The summed E-state index contributed by atoms with van der Waals surface area (Å²) < 4.78 is 4.59. The lowest BCUT2D eigenvalue weighted by molar-refractivity contribution is 0.0894. The average Bonchev–Trinajstić information content (AvgIpc) is 3.00. The van der Waals surface area contributed by atoms with Gasteiger partial charge in [-0.05, 0) is 43.5 Å². The summed E-state index contributed by atoms with van der Waals surface area (Å²) in [4.78, 5) is 14.6. The fourth-order valence-electron chi connectivity index (χ4n) is 3.00. The topological polar surface area (TPSA) is 71.3 Å². The van der Waals surface area contributed by atoms with E-state index in [9.17, 15) is 4.79 Å². The monoisotopic (exact) mass is 314 g/mol. The van der Waals surface area contributed by atoms with Crippen molar-refractivity contribution < 1.29 is 9.42 Å². The van der Waals surface area contributed by atoms with E-state index in [1.165, 1.54) is 5.56 Å². The zero-order chi connectivity index (χ0) is 16.1. The quantitative estimate of drug-likeness (QED) is 0.911. The van der Waals surface area contributed by atoms with Crippen molar-refractivity contribution in [2.24, 2.45) is 0 Å². The van der Waals surface area contributed by atoms with Gasteiger partial charge in [0.15, 0.2) is 5.69 Å². The van der Waals surface area contributed by atoms with E-state index in [0.717, 1.165) is 38.9 Å². The first-order valence-electron chi connectivity index (χ1n) is 8.08. The number of carbonyl (C=O) groups is 1. The van der Waals surface area contributed by atoms with Crippen molar-refractivity contribution in [1.29, 1.82) is 0 Å². The van der Waals surface area contributed by atoms with Crippen molar-refractivity contribution in [2.75, 3.05) is 19.6 Å². The number of hydrogen-bond donors (Lipinski definition) is 1. The van der Waals surface area contributed by atoms with Crippen LogP contribution in [0, 0.1) is 6.92 Å². The second-order valence-corrected chi connectivity index (χ2v) is 6.05. The first kappa shape index (κ1) is 15.7. The summed E-state index contributed by atoms with van der Waals surface area (Å²) in [6, 6.07) is 10.7. The Labute approximate surface area is 135 Å². The highest BCUT2D eigenvalue weighted by atomic mass is 16.6. The smallest absolute Gasteiger partial charge is 0.275 e. The Bertz CT molecular complexity index is 641. The van der Waals surface area contributed by atoms with Crippen LogP contribution in [0.5, 0.6) is 0 Å². The molecule has 1 saturated heterocycles. The van der Waals surface area contributed by atoms with Crippen LogP contribution in [0.15, 0.2) is 35.0 Å². The summed E-state index contributed by atoms with van der Waals surface area (Å²) >= 11 is 0. The van der Waals surface area contributed by atoms with Crippen molar-refractivity contribution in [3.05, 3.63) is 47.3 Å². The zero-order valence-electron chi connectivity index (χ0n) is 13.4. The van der Waals surface area contributed by atoms with Gasteiger partial charge in [0.2, 0.25) is 0 Å². The lowest BCUT2D eigenvalue weighted by Crippen LogP contribution is -2.48. The standard InChI is InChI=1S/C17H22N4O2/c1-13-16(20-23-19-13)17(22)18-15-8-5-10-21(12-15)11-9-14-6-3-2-4-7-14/h2-4,6-7,15H,5,8-12H2,1H3,(H,18,22)/t15-/m1/s1. The second kappa shape index (κ2) is 7.37. The maximum absolute atomic E-state index is 12.2. The number of rotatable bonds is 5. The average molecular weight is 314 g/mol. The summed E-state index contributed by atoms with van der Waals surface area (Å²) in [5.41, 5.74) is 2.16. The van der Waals surface area contributed by atoms with E-state index in [2.05, 4.69) is 49.4 Å². The number of aryl methyl sites for hydroxylation is 1. The molecular formula is C17H22N4O2. The third-order valence-electron chi connectivity index (χ3n) is 4.27. The highest BCUT2D eigenvalue weighted by molar-refractivity contribution is 5.93. The molecule has 0 unspecified atom stereocenters. The third-order valence-corrected chi connectivity index (χ3v) is 4.27. The molecule has 0 saturated carbocycles. The lowest BCUT2D eigenvalue weighted by Gasteiger charge is -2.33. The van der Waals surface area contributed by atoms with Crippen LogP contribution in [0.4, 0.5) is 0 Å². The predicted octanol–water partition coefficient (Wildman–Crippen LogP) is 1.81. The number of amides is 1. The molecule has 1 amide bonds. The van der Waals surface area contributed by atoms with Gasteiger partial charge in [-0.3, -0.25) is 4.79 Å². The van der Waals surface area contributed by atoms with Crippen LogP contribution in [-0.2, 0) is 6.42 Å². The number of nitrogens with one attached hydrogen (secondary N) is 1. The Balaban J connectivity index is 1.50. The molecule has 0 aliphatic carbocycles. The number of benzene rings is 1. The van der Waals surface area contributed by atoms with E-state index in [-0.39, 0.29) is 17.6 Å². The molecule has 2 aromatic rings. The Morgan fingerprint density at radius 2 is 2.17 bits per heavy atom. The van der Waals surface area contributed by atoms with Gasteiger partial charge in [0.25, 0.3) is 5.91 Å². The van der Waals surface area contributed by atoms with E-state index in [0.29, 0.717) is 5.69 Å². The Morgan fingerprint density at radius 1 is 1.35 bits per heavy atom. The van der Waals surface area contributed by atoms with E-state index in [4.69, 9.17) is 0 Å². The van der Waals surface area contributed by atoms with Crippen LogP contribution in [0.2, 0.25) is 0 Å². The van der Waals surface area contributed by atoms with Crippen LogP contribution < -0.4 is 5.32 Å². The van der Waals surface area contributed by atoms with Gasteiger partial charge < -0.3 is 10.2 Å². The summed E-state index contributed by atoms with van der Waals surface area (Å²) in [5.74, 6) is -0.196. The van der Waals surface area contributed by atoms with Crippen LogP contribution in [-0.4, -0.2) is 46.8 Å². The highest BCUT2D eigenvalue weighted by Gasteiger charge is 2.23. The van der Waals surface area contributed by atoms with Gasteiger partial charge in [0.1, 0.15) is 5.69 Å². The molecule has 1 aliphatic heterocycles. The molecule has 0 spiro atoms. The predicted molar refractivity (Wildman–Crippen MR) is 86.1 cm³/mol. The van der Waals surface area contributed by atoms with Gasteiger partial charge in [-0.15, -0.1) is 0 Å². The molecule has 6 heteroatoms. The molecule has 23 heavy (non-hydrogen) atoms. The van der Waals surface area contributed by atoms with Crippen molar-refractivity contribution in [3.63, 3.8) is 0 Å². The van der Waals surface area contributed by atoms with Crippen LogP contribution >= 0.6 is 0 Å². The molecule has 3 rings (SSSR count). The molecule has 1 aromatic heterocycles. The van der Waals surface area contributed by atoms with Gasteiger partial charge in [-0.25, -0.2) is 4.63 Å². The van der Waals surface area contributed by atoms with Gasteiger partial charge in [-0.1, -0.05) is 35.5 Å². The molecule has 2 heterocycles. The molecule has 1 atom stereocenters. The number of nitrogens with zero attached hydrogens (tertiary/aromatic N) is 3. The normalized spacial score (nSPS) is 18.7. The fraction of sp³-hybridized carbons (Fsp3) is 0.471. The van der Waals surface area contributed by atoms with E-state index >= 15 is 0 Å². The SMILES string of the molecule is Cc1nonc1C(=O)N[C@@H]1CCCN(CCc2ccccc2)C1. The van der Waals surface area contributed by atoms with Gasteiger partial charge >= 0.3 is 0 Å². The molecule has 1 fully saturated rings. The number of likely N-dealkylation sites (tertiary alicyclic amines) is 1. The van der Waals surface area contributed by atoms with Crippen molar-refractivity contribution in [2.45, 2.75) is 32.2 Å². The molecule has 6 nitrogen and oxygen atoms in total. The molecule has 0 bridgehead atoms. The molecule has 1 aromatic carbocycles. The second-order valence-electron chi connectivity index (χ2n) is 6.05. The summed E-state index contributed by atoms with van der Waals surface area (Å²) in [5, 5.41) is 10.4. The number of piperidine rings is 1. The zero-order valence-corrected chi connectivity index (χ0v) is 13.4. The number of carbonyl (C=O) groups excluding carboxylic acids is 1. The van der Waals surface area contributed by atoms with Gasteiger partial charge in [-0.2, -0.15) is 0 Å². The largest absolute Gasteiger partial charge is 0.347 e. The maximum atomic E-state index is 12.2. The minimum Gasteiger partial charge on any atom is -0.347 e. The maximum Gasteiger partial charge on any atom is 0.275 e. The molecular weight excluding hydrogens is 292 g/mol. The van der Waals surface area contributed by atoms with Crippen molar-refractivity contribution in [1.82, 2.24) is 20.5 Å². The lowest BCUT2D eigenvalue weighted by atomic mass is 10.0. The van der Waals surface area contributed by atoms with Gasteiger partial charge in [0, 0.05) is 19.1 Å². The Morgan fingerprint density at radius 3 is 2.91 bits per heavy atom.